The third-order valence-electron chi connectivity index (χ3n) is 4.34. The van der Waals surface area contributed by atoms with Crippen LogP contribution in [0.5, 0.6) is 0 Å². The zero-order chi connectivity index (χ0) is 17.0. The first-order valence-electron chi connectivity index (χ1n) is 7.70. The number of rotatable bonds is 5. The summed E-state index contributed by atoms with van der Waals surface area (Å²) in [5.74, 6) is -0.183. The highest BCUT2D eigenvalue weighted by atomic mass is 35.5. The van der Waals surface area contributed by atoms with E-state index in [4.69, 9.17) is 11.6 Å². The molecule has 7 heteroatoms. The fourth-order valence-electron chi connectivity index (χ4n) is 2.94. The second-order valence-corrected chi connectivity index (χ2v) is 6.65. The number of halogens is 1. The molecule has 1 N–H and O–H groups in total. The molecule has 0 saturated heterocycles. The minimum atomic E-state index is -0.921. The average Bonchev–Trinajstić information content (AvgIpc) is 2.49. The number of carbonyl (C=O) groups is 1. The van der Waals surface area contributed by atoms with Crippen molar-refractivity contribution < 1.29 is 14.8 Å². The number of nitrogens with zero attached hydrogens (tertiary/aromatic N) is 2. The highest BCUT2D eigenvalue weighted by Crippen LogP contribution is 2.31. The molecule has 126 valence electrons. The first-order chi connectivity index (χ1) is 10.8. The van der Waals surface area contributed by atoms with E-state index in [0.717, 1.165) is 19.3 Å². The Bertz CT molecular complexity index is 600. The van der Waals surface area contributed by atoms with Crippen LogP contribution in [0.15, 0.2) is 18.2 Å². The van der Waals surface area contributed by atoms with Crippen LogP contribution >= 0.6 is 11.6 Å². The van der Waals surface area contributed by atoms with Gasteiger partial charge in [-0.3, -0.25) is 14.9 Å². The van der Waals surface area contributed by atoms with Gasteiger partial charge >= 0.3 is 0 Å². The Morgan fingerprint density at radius 1 is 1.39 bits per heavy atom. The van der Waals surface area contributed by atoms with Crippen molar-refractivity contribution in [1.29, 1.82) is 0 Å². The third-order valence-corrected chi connectivity index (χ3v) is 4.71. The van der Waals surface area contributed by atoms with E-state index in [1.165, 1.54) is 23.1 Å². The molecular weight excluding hydrogens is 320 g/mol. The maximum Gasteiger partial charge on any atom is 0.269 e. The summed E-state index contributed by atoms with van der Waals surface area (Å²) in [5, 5.41) is 21.7. The Morgan fingerprint density at radius 3 is 2.65 bits per heavy atom. The summed E-state index contributed by atoms with van der Waals surface area (Å²) >= 11 is 6.06. The molecule has 0 unspecified atom stereocenters. The number of nitro groups is 1. The molecule has 1 aliphatic carbocycles. The van der Waals surface area contributed by atoms with Crippen molar-refractivity contribution in [3.8, 4) is 0 Å². The predicted octanol–water partition coefficient (Wildman–Crippen LogP) is 3.29. The van der Waals surface area contributed by atoms with E-state index in [9.17, 15) is 20.0 Å². The van der Waals surface area contributed by atoms with Crippen LogP contribution in [0.4, 0.5) is 5.69 Å². The van der Waals surface area contributed by atoms with Gasteiger partial charge in [-0.1, -0.05) is 30.9 Å². The van der Waals surface area contributed by atoms with E-state index in [1.807, 2.05) is 0 Å². The van der Waals surface area contributed by atoms with Crippen LogP contribution in [-0.4, -0.2) is 33.5 Å². The molecule has 2 rings (SSSR count). The number of carbonyl (C=O) groups excluding carboxylic acids is 1. The van der Waals surface area contributed by atoms with Crippen LogP contribution in [0.2, 0.25) is 5.02 Å². The molecule has 1 aliphatic rings. The Labute approximate surface area is 140 Å². The summed E-state index contributed by atoms with van der Waals surface area (Å²) in [6.07, 6.45) is 4.33. The minimum Gasteiger partial charge on any atom is -0.389 e. The van der Waals surface area contributed by atoms with Crippen molar-refractivity contribution >= 4 is 23.2 Å². The molecule has 23 heavy (non-hydrogen) atoms. The zero-order valence-electron chi connectivity index (χ0n) is 13.1. The number of benzene rings is 1. The van der Waals surface area contributed by atoms with Crippen molar-refractivity contribution in [1.82, 2.24) is 4.90 Å². The zero-order valence-corrected chi connectivity index (χ0v) is 13.9. The van der Waals surface area contributed by atoms with Gasteiger partial charge in [-0.25, -0.2) is 0 Å². The number of non-ortho nitro benzene ring substituents is 1. The molecular formula is C16H21ClN2O4. The average molecular weight is 341 g/mol. The first-order valence-corrected chi connectivity index (χ1v) is 8.08. The van der Waals surface area contributed by atoms with Gasteiger partial charge in [0.2, 0.25) is 5.91 Å². The van der Waals surface area contributed by atoms with Crippen LogP contribution in [0, 0.1) is 10.1 Å². The highest BCUT2D eigenvalue weighted by Gasteiger charge is 2.32. The summed E-state index contributed by atoms with van der Waals surface area (Å²) in [6, 6.07) is 4.17. The van der Waals surface area contributed by atoms with E-state index < -0.39 is 10.5 Å². The van der Waals surface area contributed by atoms with Gasteiger partial charge in [0, 0.05) is 30.7 Å². The molecule has 1 amide bonds. The predicted molar refractivity (Wildman–Crippen MR) is 87.2 cm³/mol. The quantitative estimate of drug-likeness (QED) is 0.658. The van der Waals surface area contributed by atoms with Gasteiger partial charge in [-0.15, -0.1) is 0 Å². The molecule has 1 aromatic carbocycles. The van der Waals surface area contributed by atoms with Crippen LogP contribution in [0.1, 0.15) is 44.1 Å². The summed E-state index contributed by atoms with van der Waals surface area (Å²) < 4.78 is 0. The van der Waals surface area contributed by atoms with Gasteiger partial charge < -0.3 is 10.0 Å². The van der Waals surface area contributed by atoms with E-state index >= 15 is 0 Å². The molecule has 0 aromatic heterocycles. The number of hydrogen-bond acceptors (Lipinski definition) is 4. The molecule has 0 bridgehead atoms. The maximum atomic E-state index is 12.3. The van der Waals surface area contributed by atoms with Crippen molar-refractivity contribution in [3.05, 3.63) is 38.9 Å². The molecule has 1 fully saturated rings. The Hall–Kier alpha value is -1.66. The molecule has 6 nitrogen and oxygen atoms in total. The van der Waals surface area contributed by atoms with E-state index in [1.54, 1.807) is 7.05 Å². The van der Waals surface area contributed by atoms with Crippen LogP contribution in [0.25, 0.3) is 0 Å². The van der Waals surface area contributed by atoms with Crippen molar-refractivity contribution in [3.63, 3.8) is 0 Å². The van der Waals surface area contributed by atoms with Crippen molar-refractivity contribution in [2.24, 2.45) is 0 Å². The van der Waals surface area contributed by atoms with Gasteiger partial charge in [0.05, 0.1) is 16.9 Å². The van der Waals surface area contributed by atoms with Gasteiger partial charge in [0.1, 0.15) is 0 Å². The summed E-state index contributed by atoms with van der Waals surface area (Å²) in [7, 11) is 1.61. The van der Waals surface area contributed by atoms with E-state index in [2.05, 4.69) is 0 Å². The van der Waals surface area contributed by atoms with Gasteiger partial charge in [0.25, 0.3) is 5.69 Å². The summed E-state index contributed by atoms with van der Waals surface area (Å²) in [6.45, 7) is 0.176. The standard InChI is InChI=1S/C16H21ClN2O4/c1-18(15(20)10-16(21)7-3-2-4-8-16)11-12-9-13(19(22)23)5-6-14(12)17/h5-6,9,21H,2-4,7-8,10-11H2,1H3. The molecule has 0 spiro atoms. The summed E-state index contributed by atoms with van der Waals surface area (Å²) in [4.78, 5) is 24.1. The van der Waals surface area contributed by atoms with Crippen molar-refractivity contribution in [2.45, 2.75) is 50.7 Å². The number of hydrogen-bond donors (Lipinski definition) is 1. The second kappa shape index (κ2) is 7.27. The van der Waals surface area contributed by atoms with Crippen LogP contribution in [-0.2, 0) is 11.3 Å². The minimum absolute atomic E-state index is 0.0591. The largest absolute Gasteiger partial charge is 0.389 e. The van der Waals surface area contributed by atoms with Crippen molar-refractivity contribution in [2.75, 3.05) is 7.05 Å². The number of amides is 1. The number of aliphatic hydroxyl groups is 1. The third kappa shape index (κ3) is 4.65. The smallest absolute Gasteiger partial charge is 0.269 e. The fourth-order valence-corrected chi connectivity index (χ4v) is 3.12. The maximum absolute atomic E-state index is 12.3. The first kappa shape index (κ1) is 17.7. The Balaban J connectivity index is 2.03. The molecule has 0 radical (unpaired) electrons. The molecule has 0 heterocycles. The van der Waals surface area contributed by atoms with Gasteiger partial charge in [-0.05, 0) is 24.5 Å². The highest BCUT2D eigenvalue weighted by molar-refractivity contribution is 6.31. The molecule has 1 aromatic rings. The summed E-state index contributed by atoms with van der Waals surface area (Å²) in [5.41, 5.74) is -0.459. The normalized spacial score (nSPS) is 16.8. The van der Waals surface area contributed by atoms with E-state index in [0.29, 0.717) is 23.4 Å². The lowest BCUT2D eigenvalue weighted by molar-refractivity contribution is -0.384. The topological polar surface area (TPSA) is 83.7 Å². The Kier molecular flexibility index (Phi) is 5.59. The molecule has 1 saturated carbocycles. The number of nitro benzene ring substituents is 1. The lowest BCUT2D eigenvalue weighted by Gasteiger charge is -2.33. The monoisotopic (exact) mass is 340 g/mol. The van der Waals surface area contributed by atoms with Crippen LogP contribution in [0.3, 0.4) is 0 Å². The Morgan fingerprint density at radius 2 is 2.04 bits per heavy atom. The van der Waals surface area contributed by atoms with Crippen LogP contribution < -0.4 is 0 Å². The fraction of sp³-hybridized carbons (Fsp3) is 0.562. The lowest BCUT2D eigenvalue weighted by Crippen LogP contribution is -2.39. The lowest BCUT2D eigenvalue weighted by atomic mass is 9.82. The molecule has 0 atom stereocenters. The van der Waals surface area contributed by atoms with E-state index in [-0.39, 0.29) is 24.6 Å². The van der Waals surface area contributed by atoms with Gasteiger partial charge in [-0.2, -0.15) is 0 Å². The molecule has 0 aliphatic heterocycles. The second-order valence-electron chi connectivity index (χ2n) is 6.24. The SMILES string of the molecule is CN(Cc1cc([N+](=O)[O-])ccc1Cl)C(=O)CC1(O)CCCCC1. The van der Waals surface area contributed by atoms with Gasteiger partial charge in [0.15, 0.2) is 0 Å².